The highest BCUT2D eigenvalue weighted by Crippen LogP contribution is 2.25. The molecule has 0 spiro atoms. The molecular weight excluding hydrogens is 511 g/mol. The molecule has 0 fully saturated rings. The second-order valence-electron chi connectivity index (χ2n) is 5.80. The van der Waals surface area contributed by atoms with Crippen LogP contribution in [0.1, 0.15) is 39.0 Å². The normalized spacial score (nSPS) is 12.1. The third-order valence-electron chi connectivity index (χ3n) is 3.87. The van der Waals surface area contributed by atoms with E-state index in [0.29, 0.717) is 30.4 Å². The van der Waals surface area contributed by atoms with Gasteiger partial charge in [0.2, 0.25) is 0 Å². The molecule has 0 aromatic carbocycles. The Morgan fingerprint density at radius 1 is 1.18 bits per heavy atom. The van der Waals surface area contributed by atoms with E-state index in [1.165, 1.54) is 15.6 Å². The third kappa shape index (κ3) is 9.38. The van der Waals surface area contributed by atoms with Gasteiger partial charge >= 0.3 is 0 Å². The van der Waals surface area contributed by atoms with E-state index in [0.717, 1.165) is 43.4 Å². The lowest BCUT2D eigenvalue weighted by Crippen LogP contribution is -2.38. The van der Waals surface area contributed by atoms with Gasteiger partial charge in [0.05, 0.1) is 0 Å². The van der Waals surface area contributed by atoms with Crippen LogP contribution < -0.4 is 10.6 Å². The molecule has 0 unspecified atom stereocenters. The number of rotatable bonds is 13. The third-order valence-corrected chi connectivity index (χ3v) is 7.53. The van der Waals surface area contributed by atoms with Crippen LogP contribution in [0.2, 0.25) is 0 Å². The summed E-state index contributed by atoms with van der Waals surface area (Å²) in [5, 5.41) is 6.52. The van der Waals surface area contributed by atoms with Crippen LogP contribution in [-0.4, -0.2) is 64.6 Å². The van der Waals surface area contributed by atoms with E-state index in [9.17, 15) is 8.42 Å². The van der Waals surface area contributed by atoms with Gasteiger partial charge in [-0.2, -0.15) is 4.31 Å². The van der Waals surface area contributed by atoms with Crippen molar-refractivity contribution >= 4 is 51.3 Å². The van der Waals surface area contributed by atoms with E-state index >= 15 is 0 Å². The zero-order chi connectivity index (χ0) is 20.1. The molecule has 7 nitrogen and oxygen atoms in total. The summed E-state index contributed by atoms with van der Waals surface area (Å²) in [6.07, 6.45) is 1.64. The summed E-state index contributed by atoms with van der Waals surface area (Å²) >= 11 is 1.34. The lowest BCUT2D eigenvalue weighted by molar-refractivity contribution is 0.146. The number of sulfonamides is 1. The van der Waals surface area contributed by atoms with Gasteiger partial charge in [-0.25, -0.2) is 8.42 Å². The maximum atomic E-state index is 12.5. The molecule has 1 heterocycles. The molecule has 0 atom stereocenters. The molecule has 0 saturated carbocycles. The smallest absolute Gasteiger partial charge is 0.252 e. The van der Waals surface area contributed by atoms with Gasteiger partial charge in [0.15, 0.2) is 5.96 Å². The molecule has 164 valence electrons. The number of aliphatic imine (C=N–C) groups is 1. The summed E-state index contributed by atoms with van der Waals surface area (Å²) in [5.74, 6) is 0.779. The summed E-state index contributed by atoms with van der Waals surface area (Å²) in [6.45, 7) is 12.3. The van der Waals surface area contributed by atoms with Crippen LogP contribution in [0.3, 0.4) is 0 Å². The van der Waals surface area contributed by atoms with E-state index < -0.39 is 10.0 Å². The molecule has 1 aromatic rings. The Morgan fingerprint density at radius 2 is 1.89 bits per heavy atom. The summed E-state index contributed by atoms with van der Waals surface area (Å²) in [7, 11) is -3.37. The minimum atomic E-state index is -3.37. The minimum absolute atomic E-state index is 0. The monoisotopic (exact) mass is 546 g/mol. The van der Waals surface area contributed by atoms with Crippen molar-refractivity contribution in [1.29, 1.82) is 0 Å². The van der Waals surface area contributed by atoms with Crippen molar-refractivity contribution in [3.8, 4) is 0 Å². The van der Waals surface area contributed by atoms with E-state index in [-0.39, 0.29) is 24.0 Å². The number of nitrogens with zero attached hydrogens (tertiary/aromatic N) is 2. The van der Waals surface area contributed by atoms with Crippen LogP contribution in [-0.2, 0) is 21.2 Å². The summed E-state index contributed by atoms with van der Waals surface area (Å²) < 4.78 is 32.3. The van der Waals surface area contributed by atoms with E-state index in [1.54, 1.807) is 6.07 Å². The van der Waals surface area contributed by atoms with Crippen molar-refractivity contribution in [2.24, 2.45) is 4.99 Å². The zero-order valence-corrected chi connectivity index (χ0v) is 21.3. The van der Waals surface area contributed by atoms with Gasteiger partial charge in [0.1, 0.15) is 4.21 Å². The van der Waals surface area contributed by atoms with Crippen molar-refractivity contribution in [3.63, 3.8) is 0 Å². The fraction of sp³-hybridized carbons (Fsp3) is 0.722. The molecule has 0 bridgehead atoms. The number of hydrogen-bond donors (Lipinski definition) is 2. The number of thiophene rings is 1. The Balaban J connectivity index is 0.00000729. The number of hydrogen-bond acceptors (Lipinski definition) is 5. The number of ether oxygens (including phenoxy) is 1. The molecule has 0 aliphatic rings. The average molecular weight is 547 g/mol. The van der Waals surface area contributed by atoms with Crippen LogP contribution in [0.15, 0.2) is 21.3 Å². The summed E-state index contributed by atoms with van der Waals surface area (Å²) in [6, 6.07) is 3.61. The molecule has 2 N–H and O–H groups in total. The topological polar surface area (TPSA) is 83.0 Å². The van der Waals surface area contributed by atoms with Crippen LogP contribution in [0.4, 0.5) is 0 Å². The Kier molecular flexibility index (Phi) is 15.2. The van der Waals surface area contributed by atoms with Crippen molar-refractivity contribution in [1.82, 2.24) is 14.9 Å². The molecule has 0 saturated heterocycles. The molecule has 0 radical (unpaired) electrons. The standard InChI is InChI=1S/C18H34N4O3S2.HI/c1-5-19-18(20-13-9-15-25-8-4)21-14-12-16-10-11-17(26-16)27(23,24)22(6-2)7-3;/h10-11H,5-9,12-15H2,1-4H3,(H2,19,20,21);1H. The van der Waals surface area contributed by atoms with Gasteiger partial charge in [0, 0.05) is 50.8 Å². The van der Waals surface area contributed by atoms with Crippen molar-refractivity contribution in [3.05, 3.63) is 17.0 Å². The van der Waals surface area contributed by atoms with Crippen LogP contribution >= 0.6 is 35.3 Å². The van der Waals surface area contributed by atoms with Gasteiger partial charge in [-0.1, -0.05) is 13.8 Å². The largest absolute Gasteiger partial charge is 0.382 e. The van der Waals surface area contributed by atoms with Gasteiger partial charge in [0.25, 0.3) is 10.0 Å². The average Bonchev–Trinajstić information content (AvgIpc) is 3.12. The van der Waals surface area contributed by atoms with Crippen molar-refractivity contribution in [2.45, 2.75) is 44.7 Å². The van der Waals surface area contributed by atoms with Gasteiger partial charge < -0.3 is 15.4 Å². The molecule has 0 amide bonds. The molecule has 1 aromatic heterocycles. The van der Waals surface area contributed by atoms with E-state index in [1.807, 2.05) is 33.8 Å². The Labute approximate surface area is 191 Å². The van der Waals surface area contributed by atoms with Crippen LogP contribution in [0.25, 0.3) is 0 Å². The number of halogens is 1. The van der Waals surface area contributed by atoms with Gasteiger partial charge in [-0.15, -0.1) is 35.3 Å². The molecule has 10 heteroatoms. The van der Waals surface area contributed by atoms with E-state index in [4.69, 9.17) is 4.74 Å². The molecule has 28 heavy (non-hydrogen) atoms. The first kappa shape index (κ1) is 27.6. The maximum absolute atomic E-state index is 12.5. The number of nitrogens with one attached hydrogen (secondary N) is 2. The highest BCUT2D eigenvalue weighted by atomic mass is 127. The fourth-order valence-electron chi connectivity index (χ4n) is 2.47. The molecular formula is C18H35IN4O3S2. The zero-order valence-electron chi connectivity index (χ0n) is 17.4. The van der Waals surface area contributed by atoms with Crippen LogP contribution in [0.5, 0.6) is 0 Å². The second kappa shape index (κ2) is 15.4. The SMILES string of the molecule is CCNC(=NCCCOCC)NCCc1ccc(S(=O)(=O)N(CC)CC)s1.I. The quantitative estimate of drug-likeness (QED) is 0.172. The highest BCUT2D eigenvalue weighted by Gasteiger charge is 2.23. The predicted molar refractivity (Wildman–Crippen MR) is 129 cm³/mol. The Hall–Kier alpha value is -0.430. The van der Waals surface area contributed by atoms with Crippen molar-refractivity contribution < 1.29 is 13.2 Å². The second-order valence-corrected chi connectivity index (χ2v) is 9.13. The van der Waals surface area contributed by atoms with Crippen LogP contribution in [0, 0.1) is 0 Å². The molecule has 0 aliphatic heterocycles. The molecule has 1 rings (SSSR count). The summed E-state index contributed by atoms with van der Waals surface area (Å²) in [5.41, 5.74) is 0. The van der Waals surface area contributed by atoms with E-state index in [2.05, 4.69) is 15.6 Å². The summed E-state index contributed by atoms with van der Waals surface area (Å²) in [4.78, 5) is 5.56. The lowest BCUT2D eigenvalue weighted by Gasteiger charge is -2.16. The van der Waals surface area contributed by atoms with Crippen molar-refractivity contribution in [2.75, 3.05) is 45.9 Å². The van der Waals surface area contributed by atoms with Gasteiger partial charge in [-0.05, 0) is 38.8 Å². The maximum Gasteiger partial charge on any atom is 0.252 e. The minimum Gasteiger partial charge on any atom is -0.382 e. The predicted octanol–water partition coefficient (Wildman–Crippen LogP) is 2.92. The first-order valence-electron chi connectivity index (χ1n) is 9.68. The first-order valence-corrected chi connectivity index (χ1v) is 11.9. The lowest BCUT2D eigenvalue weighted by atomic mass is 10.3. The first-order chi connectivity index (χ1) is 13.0. The highest BCUT2D eigenvalue weighted by molar-refractivity contribution is 14.0. The number of guanidine groups is 1. The molecule has 0 aliphatic carbocycles. The Morgan fingerprint density at radius 3 is 2.50 bits per heavy atom. The van der Waals surface area contributed by atoms with Gasteiger partial charge in [-0.3, -0.25) is 4.99 Å². The Bertz CT molecular complexity index is 662. The fourth-order valence-corrected chi connectivity index (χ4v) is 5.44.